The standard InChI is InChI=1S/C17H14OS2/c18-15(9-7-13-3-1-5-16(19)11-13)10-8-14-4-2-6-17(20)12-14/h1-12,19-20H. The minimum Gasteiger partial charge on any atom is -0.290 e. The molecule has 0 saturated carbocycles. The summed E-state index contributed by atoms with van der Waals surface area (Å²) in [5.74, 6) is -0.0564. The number of allylic oxidation sites excluding steroid dienone is 2. The van der Waals surface area contributed by atoms with Gasteiger partial charge in [-0.2, -0.15) is 0 Å². The van der Waals surface area contributed by atoms with Crippen LogP contribution in [0.5, 0.6) is 0 Å². The van der Waals surface area contributed by atoms with E-state index in [9.17, 15) is 4.79 Å². The molecule has 0 fully saturated rings. The van der Waals surface area contributed by atoms with Crippen molar-refractivity contribution in [3.63, 3.8) is 0 Å². The third kappa shape index (κ3) is 4.76. The number of rotatable bonds is 4. The quantitative estimate of drug-likeness (QED) is 0.625. The minimum absolute atomic E-state index is 0.0564. The van der Waals surface area contributed by atoms with Gasteiger partial charge in [-0.25, -0.2) is 0 Å². The Balaban J connectivity index is 2.02. The van der Waals surface area contributed by atoms with Crippen molar-refractivity contribution >= 4 is 43.2 Å². The van der Waals surface area contributed by atoms with Gasteiger partial charge >= 0.3 is 0 Å². The summed E-state index contributed by atoms with van der Waals surface area (Å²) in [6.07, 6.45) is 6.65. The van der Waals surface area contributed by atoms with Gasteiger partial charge in [0.1, 0.15) is 0 Å². The van der Waals surface area contributed by atoms with Crippen LogP contribution >= 0.6 is 25.3 Å². The van der Waals surface area contributed by atoms with E-state index in [1.165, 1.54) is 0 Å². The molecule has 2 aromatic rings. The maximum atomic E-state index is 11.7. The van der Waals surface area contributed by atoms with Crippen LogP contribution in [0.15, 0.2) is 70.5 Å². The van der Waals surface area contributed by atoms with E-state index in [4.69, 9.17) is 0 Å². The molecule has 0 aromatic heterocycles. The largest absolute Gasteiger partial charge is 0.290 e. The van der Waals surface area contributed by atoms with Crippen molar-refractivity contribution in [3.8, 4) is 0 Å². The number of benzene rings is 2. The predicted molar refractivity (Wildman–Crippen MR) is 90.5 cm³/mol. The molecule has 1 nitrogen and oxygen atoms in total. The Labute approximate surface area is 129 Å². The normalized spacial score (nSPS) is 11.3. The predicted octanol–water partition coefficient (Wildman–Crippen LogP) is 4.56. The zero-order valence-electron chi connectivity index (χ0n) is 10.7. The molecule has 0 N–H and O–H groups in total. The van der Waals surface area contributed by atoms with Crippen molar-refractivity contribution in [3.05, 3.63) is 71.8 Å². The second kappa shape index (κ2) is 7.17. The summed E-state index contributed by atoms with van der Waals surface area (Å²) in [4.78, 5) is 13.5. The molecular formula is C17H14OS2. The highest BCUT2D eigenvalue weighted by molar-refractivity contribution is 7.80. The Hall–Kier alpha value is -1.71. The molecule has 0 spiro atoms. The highest BCUT2D eigenvalue weighted by atomic mass is 32.1. The number of hydrogen-bond donors (Lipinski definition) is 2. The number of ketones is 1. The number of carbonyl (C=O) groups is 1. The van der Waals surface area contributed by atoms with Crippen LogP contribution < -0.4 is 0 Å². The first-order chi connectivity index (χ1) is 9.63. The summed E-state index contributed by atoms with van der Waals surface area (Å²) in [7, 11) is 0. The third-order valence-electron chi connectivity index (χ3n) is 2.62. The van der Waals surface area contributed by atoms with Gasteiger partial charge < -0.3 is 0 Å². The Kier molecular flexibility index (Phi) is 5.27. The van der Waals surface area contributed by atoms with Crippen molar-refractivity contribution in [1.29, 1.82) is 0 Å². The van der Waals surface area contributed by atoms with Gasteiger partial charge in [0.25, 0.3) is 0 Å². The molecule has 3 heteroatoms. The van der Waals surface area contributed by atoms with Gasteiger partial charge in [-0.05, 0) is 47.5 Å². The molecule has 0 radical (unpaired) electrons. The summed E-state index contributed by atoms with van der Waals surface area (Å²) in [5.41, 5.74) is 1.91. The highest BCUT2D eigenvalue weighted by Crippen LogP contribution is 2.11. The van der Waals surface area contributed by atoms with Crippen molar-refractivity contribution in [2.75, 3.05) is 0 Å². The minimum atomic E-state index is -0.0564. The highest BCUT2D eigenvalue weighted by Gasteiger charge is 1.93. The van der Waals surface area contributed by atoms with E-state index < -0.39 is 0 Å². The molecule has 0 atom stereocenters. The third-order valence-corrected chi connectivity index (χ3v) is 3.18. The SMILES string of the molecule is O=C(C=Cc1cccc(S)c1)C=Cc1cccc(S)c1. The van der Waals surface area contributed by atoms with Crippen molar-refractivity contribution < 1.29 is 4.79 Å². The van der Waals surface area contributed by atoms with Crippen LogP contribution in [0.2, 0.25) is 0 Å². The van der Waals surface area contributed by atoms with Gasteiger partial charge in [0, 0.05) is 9.79 Å². The topological polar surface area (TPSA) is 17.1 Å². The maximum Gasteiger partial charge on any atom is 0.178 e. The van der Waals surface area contributed by atoms with Crippen LogP contribution in [0.3, 0.4) is 0 Å². The van der Waals surface area contributed by atoms with Gasteiger partial charge in [0.2, 0.25) is 0 Å². The summed E-state index contributed by atoms with van der Waals surface area (Å²) in [6, 6.07) is 15.3. The van der Waals surface area contributed by atoms with Crippen LogP contribution in [-0.4, -0.2) is 5.78 Å². The smallest absolute Gasteiger partial charge is 0.178 e. The first-order valence-electron chi connectivity index (χ1n) is 6.12. The van der Waals surface area contributed by atoms with E-state index in [0.717, 1.165) is 20.9 Å². The average Bonchev–Trinajstić information content (AvgIpc) is 2.43. The van der Waals surface area contributed by atoms with E-state index in [2.05, 4.69) is 25.3 Å². The lowest BCUT2D eigenvalue weighted by Crippen LogP contribution is -1.85. The fraction of sp³-hybridized carbons (Fsp3) is 0. The zero-order valence-corrected chi connectivity index (χ0v) is 12.5. The van der Waals surface area contributed by atoms with Crippen LogP contribution in [0.4, 0.5) is 0 Å². The molecule has 100 valence electrons. The summed E-state index contributed by atoms with van der Waals surface area (Å²) in [6.45, 7) is 0. The van der Waals surface area contributed by atoms with Crippen LogP contribution in [0, 0.1) is 0 Å². The van der Waals surface area contributed by atoms with Gasteiger partial charge in [0.15, 0.2) is 5.78 Å². The van der Waals surface area contributed by atoms with E-state index in [0.29, 0.717) is 0 Å². The molecule has 0 aliphatic heterocycles. The molecule has 0 bridgehead atoms. The molecule has 0 heterocycles. The number of hydrogen-bond acceptors (Lipinski definition) is 3. The Morgan fingerprint density at radius 3 is 1.65 bits per heavy atom. The lowest BCUT2D eigenvalue weighted by Gasteiger charge is -1.95. The molecule has 0 aliphatic rings. The summed E-state index contributed by atoms with van der Waals surface area (Å²) < 4.78 is 0. The molecular weight excluding hydrogens is 284 g/mol. The maximum absolute atomic E-state index is 11.7. The molecule has 2 rings (SSSR count). The Morgan fingerprint density at radius 2 is 1.25 bits per heavy atom. The van der Waals surface area contributed by atoms with Crippen LogP contribution in [0.1, 0.15) is 11.1 Å². The monoisotopic (exact) mass is 298 g/mol. The molecule has 0 saturated heterocycles. The average molecular weight is 298 g/mol. The molecule has 0 amide bonds. The number of thiol groups is 2. The summed E-state index contributed by atoms with van der Waals surface area (Å²) in [5, 5.41) is 0. The molecule has 0 unspecified atom stereocenters. The van der Waals surface area contributed by atoms with Gasteiger partial charge in [-0.15, -0.1) is 25.3 Å². The van der Waals surface area contributed by atoms with Crippen LogP contribution in [0.25, 0.3) is 12.2 Å². The molecule has 20 heavy (non-hydrogen) atoms. The molecule has 0 aliphatic carbocycles. The first kappa shape index (κ1) is 14.7. The fourth-order valence-electron chi connectivity index (χ4n) is 1.67. The lowest BCUT2D eigenvalue weighted by molar-refractivity contribution is -0.110. The lowest BCUT2D eigenvalue weighted by atomic mass is 10.1. The van der Waals surface area contributed by atoms with E-state index in [1.54, 1.807) is 24.3 Å². The van der Waals surface area contributed by atoms with E-state index in [1.807, 2.05) is 48.5 Å². The van der Waals surface area contributed by atoms with Gasteiger partial charge in [-0.3, -0.25) is 4.79 Å². The van der Waals surface area contributed by atoms with Crippen molar-refractivity contribution in [2.24, 2.45) is 0 Å². The number of carbonyl (C=O) groups excluding carboxylic acids is 1. The van der Waals surface area contributed by atoms with Crippen molar-refractivity contribution in [2.45, 2.75) is 9.79 Å². The Bertz CT molecular complexity index is 615. The molecule has 2 aromatic carbocycles. The Morgan fingerprint density at radius 1 is 0.800 bits per heavy atom. The van der Waals surface area contributed by atoms with E-state index >= 15 is 0 Å². The van der Waals surface area contributed by atoms with Gasteiger partial charge in [-0.1, -0.05) is 36.4 Å². The second-order valence-corrected chi connectivity index (χ2v) is 5.29. The fourth-order valence-corrected chi connectivity index (χ4v) is 2.14. The summed E-state index contributed by atoms with van der Waals surface area (Å²) >= 11 is 8.51. The van der Waals surface area contributed by atoms with Crippen molar-refractivity contribution in [1.82, 2.24) is 0 Å². The second-order valence-electron chi connectivity index (χ2n) is 4.26. The van der Waals surface area contributed by atoms with Gasteiger partial charge in [0.05, 0.1) is 0 Å². The zero-order chi connectivity index (χ0) is 14.4. The van der Waals surface area contributed by atoms with Crippen LogP contribution in [-0.2, 0) is 4.79 Å². The van der Waals surface area contributed by atoms with E-state index in [-0.39, 0.29) is 5.78 Å². The first-order valence-corrected chi connectivity index (χ1v) is 7.01.